The first kappa shape index (κ1) is 24.4. The zero-order valence-electron chi connectivity index (χ0n) is 17.7. The van der Waals surface area contributed by atoms with Gasteiger partial charge in [0.1, 0.15) is 6.54 Å². The van der Waals surface area contributed by atoms with Crippen LogP contribution in [-0.4, -0.2) is 51.1 Å². The Labute approximate surface area is 191 Å². The van der Waals surface area contributed by atoms with E-state index in [1.165, 1.54) is 32.3 Å². The van der Waals surface area contributed by atoms with Crippen LogP contribution < -0.4 is 19.5 Å². The highest BCUT2D eigenvalue weighted by molar-refractivity contribution is 6.39. The highest BCUT2D eigenvalue weighted by Crippen LogP contribution is 2.38. The van der Waals surface area contributed by atoms with Crippen molar-refractivity contribution >= 4 is 46.8 Å². The van der Waals surface area contributed by atoms with E-state index in [9.17, 15) is 9.59 Å². The molecule has 0 spiro atoms. The van der Waals surface area contributed by atoms with Gasteiger partial charge in [-0.05, 0) is 42.8 Å². The molecule has 1 N–H and O–H groups in total. The zero-order valence-corrected chi connectivity index (χ0v) is 19.2. The van der Waals surface area contributed by atoms with E-state index in [1.54, 1.807) is 43.3 Å². The summed E-state index contributed by atoms with van der Waals surface area (Å²) in [6, 6.07) is 8.34. The Morgan fingerprint density at radius 1 is 1.03 bits per heavy atom. The van der Waals surface area contributed by atoms with E-state index < -0.39 is 5.91 Å². The lowest BCUT2D eigenvalue weighted by Crippen LogP contribution is -2.37. The van der Waals surface area contributed by atoms with Crippen molar-refractivity contribution in [2.75, 3.05) is 39.7 Å². The number of para-hydroxylation sites is 1. The molecule has 0 radical (unpaired) electrons. The fraction of sp³-hybridized carbons (Fsp3) is 0.273. The molecule has 0 aliphatic rings. The number of likely N-dealkylation sites (N-methyl/N-ethyl adjacent to an activating group) is 1. The monoisotopic (exact) mass is 466 g/mol. The number of methoxy groups -OCH3 is 3. The molecule has 2 aromatic rings. The number of hydrogen-bond donors (Lipinski definition) is 1. The van der Waals surface area contributed by atoms with Crippen LogP contribution in [0.1, 0.15) is 12.5 Å². The van der Waals surface area contributed by atoms with Crippen LogP contribution in [0, 0.1) is 0 Å². The highest BCUT2D eigenvalue weighted by Gasteiger charge is 2.16. The van der Waals surface area contributed by atoms with Crippen LogP contribution in [0.3, 0.4) is 0 Å². The fourth-order valence-corrected chi connectivity index (χ4v) is 3.28. The minimum atomic E-state index is -0.411. The van der Waals surface area contributed by atoms with Gasteiger partial charge in [0.15, 0.2) is 11.5 Å². The van der Waals surface area contributed by atoms with Gasteiger partial charge in [0.25, 0.3) is 0 Å². The maximum atomic E-state index is 12.6. The molecular formula is C22H24Cl2N2O5. The molecule has 166 valence electrons. The summed E-state index contributed by atoms with van der Waals surface area (Å²) in [7, 11) is 4.54. The second-order valence-electron chi connectivity index (χ2n) is 6.29. The first-order chi connectivity index (χ1) is 14.8. The summed E-state index contributed by atoms with van der Waals surface area (Å²) >= 11 is 12.1. The van der Waals surface area contributed by atoms with Gasteiger partial charge in [0, 0.05) is 12.6 Å². The van der Waals surface area contributed by atoms with Gasteiger partial charge in [-0.25, -0.2) is 0 Å². The predicted octanol–water partition coefficient (Wildman–Crippen LogP) is 4.52. The Morgan fingerprint density at radius 3 is 2.10 bits per heavy atom. The van der Waals surface area contributed by atoms with E-state index in [0.717, 1.165) is 0 Å². The third kappa shape index (κ3) is 6.29. The van der Waals surface area contributed by atoms with Gasteiger partial charge < -0.3 is 24.4 Å². The van der Waals surface area contributed by atoms with Gasteiger partial charge in [-0.1, -0.05) is 29.3 Å². The number of nitrogens with one attached hydrogen (secondary N) is 1. The Kier molecular flexibility index (Phi) is 9.03. The van der Waals surface area contributed by atoms with Crippen LogP contribution in [0.4, 0.5) is 5.69 Å². The number of amides is 2. The Hall–Kier alpha value is -2.90. The molecule has 0 fully saturated rings. The summed E-state index contributed by atoms with van der Waals surface area (Å²) in [5.41, 5.74) is 0.985. The molecule has 31 heavy (non-hydrogen) atoms. The fourth-order valence-electron chi connectivity index (χ4n) is 2.79. The lowest BCUT2D eigenvalue weighted by Gasteiger charge is -2.19. The van der Waals surface area contributed by atoms with E-state index >= 15 is 0 Å². The van der Waals surface area contributed by atoms with Crippen molar-refractivity contribution in [1.29, 1.82) is 0 Å². The van der Waals surface area contributed by atoms with Crippen LogP contribution in [-0.2, 0) is 9.59 Å². The van der Waals surface area contributed by atoms with Gasteiger partial charge >= 0.3 is 0 Å². The molecule has 0 heterocycles. The van der Waals surface area contributed by atoms with Crippen molar-refractivity contribution < 1.29 is 23.8 Å². The number of carbonyl (C=O) groups excluding carboxylic acids is 2. The quantitative estimate of drug-likeness (QED) is 0.549. The van der Waals surface area contributed by atoms with E-state index in [-0.39, 0.29) is 12.5 Å². The number of anilines is 1. The number of nitrogens with zero attached hydrogens (tertiary/aromatic N) is 1. The number of carbonyl (C=O) groups is 2. The molecule has 0 saturated heterocycles. The smallest absolute Gasteiger partial charge is 0.247 e. The molecule has 0 atom stereocenters. The third-order valence-corrected chi connectivity index (χ3v) is 4.99. The van der Waals surface area contributed by atoms with Gasteiger partial charge in [-0.3, -0.25) is 9.59 Å². The maximum Gasteiger partial charge on any atom is 0.247 e. The SMILES string of the molecule is CCN(CC(=O)Nc1c(Cl)cccc1Cl)C(=O)/C=C/c1cc(OC)c(OC)c(OC)c1. The Morgan fingerprint density at radius 2 is 1.61 bits per heavy atom. The summed E-state index contributed by atoms with van der Waals surface area (Å²) in [5, 5.41) is 3.28. The average Bonchev–Trinajstić information content (AvgIpc) is 2.77. The van der Waals surface area contributed by atoms with Crippen molar-refractivity contribution in [3.8, 4) is 17.2 Å². The molecule has 9 heteroatoms. The van der Waals surface area contributed by atoms with Crippen molar-refractivity contribution in [1.82, 2.24) is 4.90 Å². The standard InChI is InChI=1S/C22H24Cl2N2O5/c1-5-26(13-19(27)25-21-15(23)7-6-8-16(21)24)20(28)10-9-14-11-17(29-2)22(31-4)18(12-14)30-3/h6-12H,5,13H2,1-4H3,(H,25,27)/b10-9+. The number of hydrogen-bond acceptors (Lipinski definition) is 5. The minimum Gasteiger partial charge on any atom is -0.493 e. The first-order valence-corrected chi connectivity index (χ1v) is 10.1. The summed E-state index contributed by atoms with van der Waals surface area (Å²) in [5.74, 6) is 0.649. The largest absolute Gasteiger partial charge is 0.493 e. The van der Waals surface area contributed by atoms with E-state index in [1.807, 2.05) is 0 Å². The molecule has 0 aliphatic heterocycles. The van der Waals surface area contributed by atoms with E-state index in [4.69, 9.17) is 37.4 Å². The molecule has 7 nitrogen and oxygen atoms in total. The second kappa shape index (κ2) is 11.5. The molecule has 0 saturated carbocycles. The van der Waals surface area contributed by atoms with Crippen LogP contribution >= 0.6 is 23.2 Å². The van der Waals surface area contributed by atoms with E-state index in [2.05, 4.69) is 5.32 Å². The molecule has 0 bridgehead atoms. The van der Waals surface area contributed by atoms with Crippen LogP contribution in [0.15, 0.2) is 36.4 Å². The molecule has 0 aromatic heterocycles. The van der Waals surface area contributed by atoms with Gasteiger partial charge in [0.05, 0.1) is 37.1 Å². The zero-order chi connectivity index (χ0) is 23.0. The molecule has 2 amide bonds. The minimum absolute atomic E-state index is 0.156. The summed E-state index contributed by atoms with van der Waals surface area (Å²) in [6.45, 7) is 1.96. The lowest BCUT2D eigenvalue weighted by molar-refractivity contribution is -0.130. The summed E-state index contributed by atoms with van der Waals surface area (Å²) in [6.07, 6.45) is 2.98. The van der Waals surface area contributed by atoms with Gasteiger partial charge in [-0.15, -0.1) is 0 Å². The first-order valence-electron chi connectivity index (χ1n) is 9.35. The van der Waals surface area contributed by atoms with E-state index in [0.29, 0.717) is 45.1 Å². The van der Waals surface area contributed by atoms with Crippen molar-refractivity contribution in [3.63, 3.8) is 0 Å². The van der Waals surface area contributed by atoms with Crippen molar-refractivity contribution in [3.05, 3.63) is 52.0 Å². The predicted molar refractivity (Wildman–Crippen MR) is 122 cm³/mol. The third-order valence-electron chi connectivity index (χ3n) is 4.36. The summed E-state index contributed by atoms with van der Waals surface area (Å²) < 4.78 is 15.9. The number of ether oxygens (including phenoxy) is 3. The van der Waals surface area contributed by atoms with Crippen LogP contribution in [0.5, 0.6) is 17.2 Å². The molecule has 0 unspecified atom stereocenters. The molecule has 2 rings (SSSR count). The number of halogens is 2. The number of benzene rings is 2. The van der Waals surface area contributed by atoms with Crippen molar-refractivity contribution in [2.24, 2.45) is 0 Å². The van der Waals surface area contributed by atoms with Gasteiger partial charge in [0.2, 0.25) is 17.6 Å². The average molecular weight is 467 g/mol. The Bertz CT molecular complexity index is 933. The Balaban J connectivity index is 2.12. The van der Waals surface area contributed by atoms with Crippen LogP contribution in [0.25, 0.3) is 6.08 Å². The highest BCUT2D eigenvalue weighted by atomic mass is 35.5. The number of rotatable bonds is 9. The molecule has 2 aromatic carbocycles. The van der Waals surface area contributed by atoms with Crippen molar-refractivity contribution in [2.45, 2.75) is 6.92 Å². The lowest BCUT2D eigenvalue weighted by atomic mass is 10.1. The second-order valence-corrected chi connectivity index (χ2v) is 7.10. The summed E-state index contributed by atoms with van der Waals surface area (Å²) in [4.78, 5) is 26.4. The molecular weight excluding hydrogens is 443 g/mol. The van der Waals surface area contributed by atoms with Gasteiger partial charge in [-0.2, -0.15) is 0 Å². The molecule has 0 aliphatic carbocycles. The maximum absolute atomic E-state index is 12.6. The normalized spacial score (nSPS) is 10.6. The topological polar surface area (TPSA) is 77.1 Å². The van der Waals surface area contributed by atoms with Crippen LogP contribution in [0.2, 0.25) is 10.0 Å².